The lowest BCUT2D eigenvalue weighted by molar-refractivity contribution is -0.611. The van der Waals surface area contributed by atoms with Crippen LogP contribution in [0.2, 0.25) is 0 Å². The van der Waals surface area contributed by atoms with Crippen LogP contribution in [0, 0.1) is 7.05 Å². The van der Waals surface area contributed by atoms with E-state index in [1.165, 1.54) is 4.88 Å². The topological polar surface area (TPSA) is 16.6 Å². The summed E-state index contributed by atoms with van der Waals surface area (Å²) in [7, 11) is 3.64. The number of thiophene rings is 1. The molecular weight excluding hydrogens is 118 g/mol. The Morgan fingerprint density at radius 2 is 2.62 bits per heavy atom. The SMILES string of the molecule is [CH2-][NH2+]Cc1cccs1. The highest BCUT2D eigenvalue weighted by Crippen LogP contribution is 2.04. The molecule has 0 radical (unpaired) electrons. The second-order valence-electron chi connectivity index (χ2n) is 1.57. The molecule has 1 aromatic rings. The molecule has 0 aromatic carbocycles. The first-order valence-electron chi connectivity index (χ1n) is 2.57. The van der Waals surface area contributed by atoms with Gasteiger partial charge in [-0.2, -0.15) is 7.05 Å². The van der Waals surface area contributed by atoms with Crippen LogP contribution < -0.4 is 5.32 Å². The van der Waals surface area contributed by atoms with E-state index < -0.39 is 0 Å². The molecule has 2 heteroatoms. The highest BCUT2D eigenvalue weighted by atomic mass is 32.1. The zero-order chi connectivity index (χ0) is 5.82. The Morgan fingerprint density at radius 1 is 1.75 bits per heavy atom. The van der Waals surface area contributed by atoms with Gasteiger partial charge in [-0.15, -0.1) is 11.3 Å². The Morgan fingerprint density at radius 3 is 3.12 bits per heavy atom. The van der Waals surface area contributed by atoms with Crippen molar-refractivity contribution in [2.24, 2.45) is 0 Å². The molecule has 0 aliphatic rings. The van der Waals surface area contributed by atoms with E-state index >= 15 is 0 Å². The van der Waals surface area contributed by atoms with Crippen LogP contribution in [0.1, 0.15) is 4.88 Å². The zero-order valence-corrected chi connectivity index (χ0v) is 5.45. The van der Waals surface area contributed by atoms with Gasteiger partial charge in [-0.1, -0.05) is 6.07 Å². The van der Waals surface area contributed by atoms with E-state index in [0.29, 0.717) is 0 Å². The van der Waals surface area contributed by atoms with Gasteiger partial charge < -0.3 is 5.32 Å². The van der Waals surface area contributed by atoms with E-state index in [-0.39, 0.29) is 0 Å². The lowest BCUT2D eigenvalue weighted by Gasteiger charge is -1.92. The molecule has 0 bridgehead atoms. The smallest absolute Gasteiger partial charge is 0.0866 e. The molecule has 1 heterocycles. The fourth-order valence-corrected chi connectivity index (χ4v) is 1.27. The maximum absolute atomic E-state index is 3.64. The van der Waals surface area contributed by atoms with Gasteiger partial charge in [0.1, 0.15) is 0 Å². The molecule has 0 saturated heterocycles. The highest BCUT2D eigenvalue weighted by Gasteiger charge is 1.87. The summed E-state index contributed by atoms with van der Waals surface area (Å²) in [5.41, 5.74) is 0. The Hall–Kier alpha value is -0.340. The summed E-state index contributed by atoms with van der Waals surface area (Å²) in [6.07, 6.45) is 0. The van der Waals surface area contributed by atoms with Crippen LogP contribution in [0.3, 0.4) is 0 Å². The molecule has 1 aromatic heterocycles. The lowest BCUT2D eigenvalue weighted by Crippen LogP contribution is -2.74. The van der Waals surface area contributed by atoms with Crippen LogP contribution in [0.15, 0.2) is 17.5 Å². The molecule has 1 nitrogen and oxygen atoms in total. The number of quaternary nitrogens is 1. The minimum Gasteiger partial charge on any atom is -0.474 e. The first-order chi connectivity index (χ1) is 3.93. The Labute approximate surface area is 53.4 Å². The van der Waals surface area contributed by atoms with E-state index in [1.54, 1.807) is 11.3 Å². The number of rotatable bonds is 2. The zero-order valence-electron chi connectivity index (χ0n) is 4.63. The first kappa shape index (κ1) is 5.79. The third-order valence-electron chi connectivity index (χ3n) is 0.926. The van der Waals surface area contributed by atoms with Crippen molar-refractivity contribution in [1.29, 1.82) is 0 Å². The van der Waals surface area contributed by atoms with Gasteiger partial charge in [0.25, 0.3) is 0 Å². The summed E-state index contributed by atoms with van der Waals surface area (Å²) < 4.78 is 0. The molecule has 0 amide bonds. The highest BCUT2D eigenvalue weighted by molar-refractivity contribution is 7.09. The molecule has 8 heavy (non-hydrogen) atoms. The number of hydrogen-bond donors (Lipinski definition) is 1. The standard InChI is InChI=1S/C6H9NS/c1-7-5-6-3-2-4-8-6/h2-4H,1,5,7H2. The largest absolute Gasteiger partial charge is 0.474 e. The molecule has 1 rings (SSSR count). The van der Waals surface area contributed by atoms with Crippen LogP contribution in [0.5, 0.6) is 0 Å². The third kappa shape index (κ3) is 1.32. The molecule has 44 valence electrons. The summed E-state index contributed by atoms with van der Waals surface area (Å²) >= 11 is 1.78. The van der Waals surface area contributed by atoms with Gasteiger partial charge in [0.15, 0.2) is 0 Å². The minimum atomic E-state index is 1.01. The van der Waals surface area contributed by atoms with Gasteiger partial charge in [0, 0.05) is 0 Å². The fraction of sp³-hybridized carbons (Fsp3) is 0.167. The van der Waals surface area contributed by atoms with Crippen molar-refractivity contribution in [3.63, 3.8) is 0 Å². The molecule has 0 fully saturated rings. The van der Waals surface area contributed by atoms with Crippen molar-refractivity contribution in [2.45, 2.75) is 6.54 Å². The molecule has 0 atom stereocenters. The maximum atomic E-state index is 3.64. The number of hydrogen-bond acceptors (Lipinski definition) is 1. The fourth-order valence-electron chi connectivity index (χ4n) is 0.571. The van der Waals surface area contributed by atoms with Crippen molar-refractivity contribution in [1.82, 2.24) is 0 Å². The Kier molecular flexibility index (Phi) is 2.06. The van der Waals surface area contributed by atoms with Gasteiger partial charge in [0.2, 0.25) is 0 Å². The van der Waals surface area contributed by atoms with Gasteiger partial charge in [-0.25, -0.2) is 0 Å². The van der Waals surface area contributed by atoms with Crippen LogP contribution in [-0.2, 0) is 6.54 Å². The second kappa shape index (κ2) is 2.84. The van der Waals surface area contributed by atoms with Crippen molar-refractivity contribution >= 4 is 11.3 Å². The molecular formula is C6H9NS. The molecule has 0 saturated carbocycles. The normalized spacial score (nSPS) is 9.62. The van der Waals surface area contributed by atoms with E-state index in [1.807, 2.05) is 5.32 Å². The minimum absolute atomic E-state index is 1.01. The summed E-state index contributed by atoms with van der Waals surface area (Å²) in [5.74, 6) is 0. The summed E-state index contributed by atoms with van der Waals surface area (Å²) in [5, 5.41) is 4.00. The Balaban J connectivity index is 2.50. The van der Waals surface area contributed by atoms with Gasteiger partial charge >= 0.3 is 0 Å². The number of nitrogens with two attached hydrogens (primary N) is 1. The van der Waals surface area contributed by atoms with Gasteiger partial charge in [-0.3, -0.25) is 0 Å². The third-order valence-corrected chi connectivity index (χ3v) is 1.82. The Bertz CT molecular complexity index is 134. The summed E-state index contributed by atoms with van der Waals surface area (Å²) in [6, 6.07) is 4.18. The quantitative estimate of drug-likeness (QED) is 0.560. The molecule has 2 N–H and O–H groups in total. The van der Waals surface area contributed by atoms with E-state index in [0.717, 1.165) is 6.54 Å². The first-order valence-corrected chi connectivity index (χ1v) is 3.44. The van der Waals surface area contributed by atoms with Crippen LogP contribution in [0.25, 0.3) is 0 Å². The predicted octanol–water partition coefficient (Wildman–Crippen LogP) is 0.603. The van der Waals surface area contributed by atoms with Crippen molar-refractivity contribution in [2.75, 3.05) is 0 Å². The lowest BCUT2D eigenvalue weighted by atomic mass is 10.5. The average molecular weight is 127 g/mol. The van der Waals surface area contributed by atoms with E-state index in [2.05, 4.69) is 24.6 Å². The van der Waals surface area contributed by atoms with E-state index in [9.17, 15) is 0 Å². The second-order valence-corrected chi connectivity index (χ2v) is 2.60. The van der Waals surface area contributed by atoms with Crippen LogP contribution in [0.4, 0.5) is 0 Å². The molecule has 0 aliphatic heterocycles. The summed E-state index contributed by atoms with van der Waals surface area (Å²) in [6.45, 7) is 1.01. The van der Waals surface area contributed by atoms with Crippen molar-refractivity contribution < 1.29 is 5.32 Å². The maximum Gasteiger partial charge on any atom is 0.0866 e. The monoisotopic (exact) mass is 127 g/mol. The molecule has 0 unspecified atom stereocenters. The molecule has 0 aliphatic carbocycles. The van der Waals surface area contributed by atoms with Crippen LogP contribution >= 0.6 is 11.3 Å². The van der Waals surface area contributed by atoms with Crippen molar-refractivity contribution in [3.05, 3.63) is 29.4 Å². The van der Waals surface area contributed by atoms with Gasteiger partial charge in [0.05, 0.1) is 11.4 Å². The predicted molar refractivity (Wildman–Crippen MR) is 35.3 cm³/mol. The average Bonchev–Trinajstić information content (AvgIpc) is 2.19. The van der Waals surface area contributed by atoms with E-state index in [4.69, 9.17) is 0 Å². The van der Waals surface area contributed by atoms with Crippen molar-refractivity contribution in [3.8, 4) is 0 Å². The summed E-state index contributed by atoms with van der Waals surface area (Å²) in [4.78, 5) is 1.39. The van der Waals surface area contributed by atoms with Gasteiger partial charge in [-0.05, 0) is 11.4 Å². The molecule has 0 spiro atoms. The van der Waals surface area contributed by atoms with Crippen LogP contribution in [-0.4, -0.2) is 0 Å².